The second-order valence-corrected chi connectivity index (χ2v) is 8.27. The molecular weight excluding hydrogens is 494 g/mol. The van der Waals surface area contributed by atoms with Crippen LogP contribution in [0.25, 0.3) is 6.08 Å². The van der Waals surface area contributed by atoms with E-state index in [0.717, 1.165) is 16.7 Å². The molecule has 1 aliphatic rings. The highest BCUT2D eigenvalue weighted by molar-refractivity contribution is 9.10. The molecule has 0 radical (unpaired) electrons. The molecule has 0 aromatic heterocycles. The Bertz CT molecular complexity index is 915. The third kappa shape index (κ3) is 6.73. The number of halogens is 1. The first-order valence-electron chi connectivity index (χ1n) is 9.27. The number of ether oxygens (including phenoxy) is 4. The topological polar surface area (TPSA) is 108 Å². The summed E-state index contributed by atoms with van der Waals surface area (Å²) in [6.07, 6.45) is 1.16. The van der Waals surface area contributed by atoms with Crippen molar-refractivity contribution in [2.24, 2.45) is 0 Å². The first-order valence-corrected chi connectivity index (χ1v) is 10.9. The second-order valence-electron chi connectivity index (χ2n) is 6.42. The minimum atomic E-state index is -0.662. The molecule has 168 valence electrons. The molecule has 9 nitrogen and oxygen atoms in total. The number of rotatable bonds is 9. The van der Waals surface area contributed by atoms with Gasteiger partial charge >= 0.3 is 11.9 Å². The van der Waals surface area contributed by atoms with Crippen LogP contribution in [0.1, 0.15) is 26.3 Å². The first-order chi connectivity index (χ1) is 14.7. The van der Waals surface area contributed by atoms with Crippen molar-refractivity contribution in [2.75, 3.05) is 26.9 Å². The molecule has 1 aromatic rings. The fraction of sp³-hybridized carbons (Fsp3) is 0.400. The summed E-state index contributed by atoms with van der Waals surface area (Å²) in [5.74, 6) is -1.15. The Hall–Kier alpha value is -2.53. The summed E-state index contributed by atoms with van der Waals surface area (Å²) in [5, 5.41) is -0.559. The normalized spacial score (nSPS) is 14.9. The zero-order valence-corrected chi connectivity index (χ0v) is 19.8. The van der Waals surface area contributed by atoms with Gasteiger partial charge in [0, 0.05) is 4.47 Å². The van der Waals surface area contributed by atoms with Crippen LogP contribution in [0.2, 0.25) is 0 Å². The molecule has 0 unspecified atom stereocenters. The van der Waals surface area contributed by atoms with E-state index in [2.05, 4.69) is 20.7 Å². The van der Waals surface area contributed by atoms with Crippen LogP contribution in [0.5, 0.6) is 11.5 Å². The van der Waals surface area contributed by atoms with Crippen molar-refractivity contribution in [3.8, 4) is 11.5 Å². The van der Waals surface area contributed by atoms with Crippen molar-refractivity contribution in [3.63, 3.8) is 0 Å². The average Bonchev–Trinajstić information content (AvgIpc) is 2.95. The molecule has 1 saturated heterocycles. The largest absolute Gasteiger partial charge is 0.490 e. The number of hydrogen-bond donors (Lipinski definition) is 0. The van der Waals surface area contributed by atoms with Crippen molar-refractivity contribution in [2.45, 2.75) is 26.9 Å². The van der Waals surface area contributed by atoms with Crippen LogP contribution in [-0.4, -0.2) is 61.0 Å². The Morgan fingerprint density at radius 2 is 1.84 bits per heavy atom. The zero-order chi connectivity index (χ0) is 23.1. The Morgan fingerprint density at radius 1 is 1.16 bits per heavy atom. The third-order valence-corrected chi connectivity index (χ3v) is 5.34. The van der Waals surface area contributed by atoms with Crippen LogP contribution in [0, 0.1) is 0 Å². The standard InChI is InChI=1S/C20H22BrNO8S/c1-5-28-14-6-12(13(21)8-15(14)29-10-18(24)27-4)7-16-19(25)22(20(26)31-16)9-17(23)30-11(2)3/h6-8,11H,5,9-10H2,1-4H3/b16-7+. The molecule has 2 amide bonds. The lowest BCUT2D eigenvalue weighted by Gasteiger charge is -2.14. The Labute approximate surface area is 192 Å². The maximum atomic E-state index is 12.6. The van der Waals surface area contributed by atoms with Crippen LogP contribution in [0.4, 0.5) is 4.79 Å². The van der Waals surface area contributed by atoms with Gasteiger partial charge in [-0.15, -0.1) is 0 Å². The number of esters is 2. The number of methoxy groups -OCH3 is 1. The van der Waals surface area contributed by atoms with Crippen LogP contribution in [0.15, 0.2) is 21.5 Å². The molecule has 1 fully saturated rings. The lowest BCUT2D eigenvalue weighted by atomic mass is 10.2. The van der Waals surface area contributed by atoms with Crippen molar-refractivity contribution in [1.29, 1.82) is 0 Å². The van der Waals surface area contributed by atoms with Crippen molar-refractivity contribution < 1.29 is 38.1 Å². The molecule has 31 heavy (non-hydrogen) atoms. The number of thioether (sulfide) groups is 1. The maximum absolute atomic E-state index is 12.6. The van der Waals surface area contributed by atoms with Gasteiger partial charge in [-0.25, -0.2) is 4.79 Å². The minimum absolute atomic E-state index is 0.147. The minimum Gasteiger partial charge on any atom is -0.490 e. The van der Waals surface area contributed by atoms with Gasteiger partial charge in [0.25, 0.3) is 11.1 Å². The average molecular weight is 516 g/mol. The Balaban J connectivity index is 2.26. The summed E-state index contributed by atoms with van der Waals surface area (Å²) in [7, 11) is 1.25. The van der Waals surface area contributed by atoms with Gasteiger partial charge in [-0.05, 0) is 56.3 Å². The molecule has 0 aliphatic carbocycles. The lowest BCUT2D eigenvalue weighted by Crippen LogP contribution is -2.35. The van der Waals surface area contributed by atoms with Crippen molar-refractivity contribution in [3.05, 3.63) is 27.1 Å². The SMILES string of the molecule is CCOc1cc(/C=C2/SC(=O)N(CC(=O)OC(C)C)C2=O)c(Br)cc1OCC(=O)OC. The van der Waals surface area contributed by atoms with E-state index < -0.39 is 29.6 Å². The van der Waals surface area contributed by atoms with E-state index in [1.54, 1.807) is 32.9 Å². The Kier molecular flexibility index (Phi) is 8.93. The van der Waals surface area contributed by atoms with E-state index in [1.807, 2.05) is 0 Å². The van der Waals surface area contributed by atoms with Gasteiger partial charge < -0.3 is 18.9 Å². The van der Waals surface area contributed by atoms with E-state index in [4.69, 9.17) is 14.2 Å². The predicted molar refractivity (Wildman–Crippen MR) is 117 cm³/mol. The van der Waals surface area contributed by atoms with Gasteiger partial charge in [0.15, 0.2) is 18.1 Å². The van der Waals surface area contributed by atoms with Crippen LogP contribution < -0.4 is 9.47 Å². The molecule has 1 aliphatic heterocycles. The number of imide groups is 1. The highest BCUT2D eigenvalue weighted by atomic mass is 79.9. The van der Waals surface area contributed by atoms with E-state index in [0.29, 0.717) is 28.1 Å². The first kappa shape index (κ1) is 24.7. The number of carbonyl (C=O) groups is 4. The molecule has 1 heterocycles. The highest BCUT2D eigenvalue weighted by Crippen LogP contribution is 2.38. The predicted octanol–water partition coefficient (Wildman–Crippen LogP) is 3.39. The molecule has 0 spiro atoms. The number of amides is 2. The van der Waals surface area contributed by atoms with E-state index in [9.17, 15) is 19.2 Å². The van der Waals surface area contributed by atoms with Crippen LogP contribution in [-0.2, 0) is 23.9 Å². The molecule has 0 bridgehead atoms. The molecule has 2 rings (SSSR count). The summed E-state index contributed by atoms with van der Waals surface area (Å²) in [6.45, 7) is 4.73. The molecule has 0 atom stereocenters. The van der Waals surface area contributed by atoms with E-state index >= 15 is 0 Å². The van der Waals surface area contributed by atoms with Gasteiger partial charge in [0.2, 0.25) is 0 Å². The Morgan fingerprint density at radius 3 is 2.45 bits per heavy atom. The summed E-state index contributed by atoms with van der Waals surface area (Å²) >= 11 is 4.12. The quantitative estimate of drug-likeness (QED) is 0.361. The highest BCUT2D eigenvalue weighted by Gasteiger charge is 2.37. The number of hydrogen-bond acceptors (Lipinski definition) is 9. The van der Waals surface area contributed by atoms with Gasteiger partial charge in [-0.1, -0.05) is 15.9 Å². The number of carbonyl (C=O) groups excluding carboxylic acids is 4. The number of nitrogens with zero attached hydrogens (tertiary/aromatic N) is 1. The molecule has 0 N–H and O–H groups in total. The van der Waals surface area contributed by atoms with Crippen LogP contribution >= 0.6 is 27.7 Å². The maximum Gasteiger partial charge on any atom is 0.343 e. The van der Waals surface area contributed by atoms with E-state index in [-0.39, 0.29) is 17.6 Å². The second kappa shape index (κ2) is 11.2. The third-order valence-electron chi connectivity index (χ3n) is 3.75. The fourth-order valence-electron chi connectivity index (χ4n) is 2.44. The van der Waals surface area contributed by atoms with Gasteiger partial charge in [-0.2, -0.15) is 0 Å². The summed E-state index contributed by atoms with van der Waals surface area (Å²) in [5.41, 5.74) is 0.545. The summed E-state index contributed by atoms with van der Waals surface area (Å²) in [4.78, 5) is 49.0. The van der Waals surface area contributed by atoms with Gasteiger partial charge in [-0.3, -0.25) is 19.3 Å². The molecule has 1 aromatic carbocycles. The molecule has 0 saturated carbocycles. The smallest absolute Gasteiger partial charge is 0.343 e. The monoisotopic (exact) mass is 515 g/mol. The molecule has 11 heteroatoms. The summed E-state index contributed by atoms with van der Waals surface area (Å²) in [6, 6.07) is 3.20. The van der Waals surface area contributed by atoms with E-state index in [1.165, 1.54) is 13.2 Å². The van der Waals surface area contributed by atoms with Gasteiger partial charge in [0.05, 0.1) is 24.7 Å². The summed E-state index contributed by atoms with van der Waals surface area (Å²) < 4.78 is 21.1. The van der Waals surface area contributed by atoms with Crippen LogP contribution in [0.3, 0.4) is 0 Å². The fourth-order valence-corrected chi connectivity index (χ4v) is 3.71. The lowest BCUT2D eigenvalue weighted by molar-refractivity contribution is -0.149. The molecular formula is C20H22BrNO8S. The zero-order valence-electron chi connectivity index (χ0n) is 17.4. The van der Waals surface area contributed by atoms with Gasteiger partial charge in [0.1, 0.15) is 6.54 Å². The number of benzene rings is 1. The van der Waals surface area contributed by atoms with Crippen molar-refractivity contribution >= 4 is 56.9 Å². The van der Waals surface area contributed by atoms with Crippen molar-refractivity contribution in [1.82, 2.24) is 4.90 Å².